The van der Waals surface area contributed by atoms with Crippen LogP contribution in [0.15, 0.2) is 22.7 Å². The molecular formula is C12H12BrClO. The first-order chi connectivity index (χ1) is 7.27. The summed E-state index contributed by atoms with van der Waals surface area (Å²) in [4.78, 5) is 0. The molecular weight excluding hydrogens is 275 g/mol. The molecule has 0 aromatic heterocycles. The number of hydrogen-bond acceptors (Lipinski definition) is 1. The van der Waals surface area contributed by atoms with Crippen LogP contribution in [0.5, 0.6) is 0 Å². The Labute approximate surface area is 103 Å². The van der Waals surface area contributed by atoms with Gasteiger partial charge >= 0.3 is 0 Å². The lowest BCUT2D eigenvalue weighted by atomic mass is 9.98. The Kier molecular flexibility index (Phi) is 3.49. The van der Waals surface area contributed by atoms with Gasteiger partial charge in [0.05, 0.1) is 6.10 Å². The summed E-state index contributed by atoms with van der Waals surface area (Å²) < 4.78 is 6.55. The van der Waals surface area contributed by atoms with E-state index in [1.165, 1.54) is 16.0 Å². The first kappa shape index (κ1) is 11.2. The molecule has 15 heavy (non-hydrogen) atoms. The molecule has 0 aliphatic heterocycles. The van der Waals surface area contributed by atoms with Crippen LogP contribution < -0.4 is 10.4 Å². The summed E-state index contributed by atoms with van der Waals surface area (Å²) in [6.07, 6.45) is 3.22. The van der Waals surface area contributed by atoms with Crippen LogP contribution in [-0.4, -0.2) is 19.1 Å². The van der Waals surface area contributed by atoms with E-state index in [1.54, 1.807) is 7.11 Å². The van der Waals surface area contributed by atoms with Crippen LogP contribution in [0.1, 0.15) is 6.42 Å². The van der Waals surface area contributed by atoms with Crippen molar-refractivity contribution in [2.45, 2.75) is 12.5 Å². The standard InChI is InChI=1S/C12H12BrClO/c1-15-12-6-5-9-8(10(12)7-14)3-2-4-11(9)13/h2-5,12H,6-7H2,1H3. The lowest BCUT2D eigenvalue weighted by Gasteiger charge is -2.19. The monoisotopic (exact) mass is 286 g/mol. The third-order valence-corrected chi connectivity index (χ3v) is 3.73. The van der Waals surface area contributed by atoms with Crippen LogP contribution >= 0.6 is 27.5 Å². The fourth-order valence-corrected chi connectivity index (χ4v) is 2.81. The predicted molar refractivity (Wildman–Crippen MR) is 67.4 cm³/mol. The van der Waals surface area contributed by atoms with E-state index in [0.717, 1.165) is 10.9 Å². The average Bonchev–Trinajstić information content (AvgIpc) is 2.28. The van der Waals surface area contributed by atoms with E-state index < -0.39 is 0 Å². The summed E-state index contributed by atoms with van der Waals surface area (Å²) in [6, 6.07) is 6.18. The fourth-order valence-electron chi connectivity index (χ4n) is 1.96. The summed E-state index contributed by atoms with van der Waals surface area (Å²) in [5.74, 6) is 0.524. The summed E-state index contributed by atoms with van der Waals surface area (Å²) >= 11 is 9.54. The van der Waals surface area contributed by atoms with Gasteiger partial charge in [-0.25, -0.2) is 0 Å². The van der Waals surface area contributed by atoms with E-state index >= 15 is 0 Å². The molecule has 0 amide bonds. The molecule has 1 aliphatic carbocycles. The maximum absolute atomic E-state index is 5.99. The molecule has 1 aromatic carbocycles. The van der Waals surface area contributed by atoms with Gasteiger partial charge in [-0.1, -0.05) is 34.1 Å². The first-order valence-corrected chi connectivity index (χ1v) is 6.17. The van der Waals surface area contributed by atoms with E-state index in [1.807, 2.05) is 12.1 Å². The zero-order valence-corrected chi connectivity index (χ0v) is 10.8. The topological polar surface area (TPSA) is 9.23 Å². The Hall–Kier alpha value is -0.310. The van der Waals surface area contributed by atoms with Crippen LogP contribution in [0.2, 0.25) is 0 Å². The highest BCUT2D eigenvalue weighted by molar-refractivity contribution is 9.10. The third kappa shape index (κ3) is 1.99. The van der Waals surface area contributed by atoms with Gasteiger partial charge in [0, 0.05) is 17.5 Å². The van der Waals surface area contributed by atoms with E-state index in [-0.39, 0.29) is 6.10 Å². The number of ether oxygens (including phenoxy) is 1. The van der Waals surface area contributed by atoms with Gasteiger partial charge in [-0.15, -0.1) is 11.6 Å². The molecule has 0 saturated heterocycles. The van der Waals surface area contributed by atoms with Crippen LogP contribution in [0, 0.1) is 0 Å². The van der Waals surface area contributed by atoms with Crippen LogP contribution in [-0.2, 0) is 4.74 Å². The largest absolute Gasteiger partial charge is 0.377 e. The second-order valence-corrected chi connectivity index (χ2v) is 4.65. The Morgan fingerprint density at radius 2 is 2.33 bits per heavy atom. The van der Waals surface area contributed by atoms with Gasteiger partial charge in [0.2, 0.25) is 0 Å². The number of fused-ring (bicyclic) bond motifs is 1. The van der Waals surface area contributed by atoms with Crippen molar-refractivity contribution in [3.63, 3.8) is 0 Å². The zero-order chi connectivity index (χ0) is 10.8. The number of benzene rings is 1. The molecule has 0 fully saturated rings. The average molecular weight is 288 g/mol. The molecule has 1 nitrogen and oxygen atoms in total. The summed E-state index contributed by atoms with van der Waals surface area (Å²) in [7, 11) is 1.73. The van der Waals surface area contributed by atoms with Crippen molar-refractivity contribution in [1.29, 1.82) is 0 Å². The van der Waals surface area contributed by atoms with E-state index in [0.29, 0.717) is 5.88 Å². The van der Waals surface area contributed by atoms with Crippen LogP contribution in [0.25, 0.3) is 11.6 Å². The van der Waals surface area contributed by atoms with Gasteiger partial charge in [-0.3, -0.25) is 0 Å². The SMILES string of the molecule is COC1CC=c2c(Br)cccc2=C1CCl. The third-order valence-electron chi connectivity index (χ3n) is 2.75. The highest BCUT2D eigenvalue weighted by atomic mass is 79.9. The van der Waals surface area contributed by atoms with Gasteiger partial charge in [0.1, 0.15) is 0 Å². The number of alkyl halides is 1. The molecule has 2 rings (SSSR count). The van der Waals surface area contributed by atoms with Crippen molar-refractivity contribution in [2.75, 3.05) is 13.0 Å². The minimum Gasteiger partial charge on any atom is -0.377 e. The fraction of sp³-hybridized carbons (Fsp3) is 0.333. The van der Waals surface area contributed by atoms with Gasteiger partial charge in [0.25, 0.3) is 0 Å². The Balaban J connectivity index is 2.75. The lowest BCUT2D eigenvalue weighted by molar-refractivity contribution is 0.151. The molecule has 0 bridgehead atoms. The Morgan fingerprint density at radius 3 is 3.00 bits per heavy atom. The van der Waals surface area contributed by atoms with Crippen LogP contribution in [0.4, 0.5) is 0 Å². The minimum atomic E-state index is 0.129. The van der Waals surface area contributed by atoms with E-state index in [2.05, 4.69) is 28.1 Å². The van der Waals surface area contributed by atoms with E-state index in [9.17, 15) is 0 Å². The lowest BCUT2D eigenvalue weighted by Crippen LogP contribution is -2.36. The molecule has 0 N–H and O–H groups in total. The molecule has 1 unspecified atom stereocenters. The Bertz CT molecular complexity index is 481. The van der Waals surface area contributed by atoms with Crippen molar-refractivity contribution < 1.29 is 4.74 Å². The zero-order valence-electron chi connectivity index (χ0n) is 8.47. The minimum absolute atomic E-state index is 0.129. The summed E-state index contributed by atoms with van der Waals surface area (Å²) in [5, 5.41) is 2.44. The maximum Gasteiger partial charge on any atom is 0.0836 e. The highest BCUT2D eigenvalue weighted by Crippen LogP contribution is 2.15. The summed E-state index contributed by atoms with van der Waals surface area (Å²) in [5.41, 5.74) is 1.18. The molecule has 3 heteroatoms. The molecule has 0 radical (unpaired) electrons. The van der Waals surface area contributed by atoms with E-state index in [4.69, 9.17) is 16.3 Å². The highest BCUT2D eigenvalue weighted by Gasteiger charge is 2.16. The van der Waals surface area contributed by atoms with Crippen molar-refractivity contribution >= 4 is 39.2 Å². The van der Waals surface area contributed by atoms with Crippen LogP contribution in [0.3, 0.4) is 0 Å². The predicted octanol–water partition coefficient (Wildman–Crippen LogP) is 2.04. The second kappa shape index (κ2) is 4.69. The number of halogens is 2. The molecule has 0 saturated carbocycles. The second-order valence-electron chi connectivity index (χ2n) is 3.52. The smallest absolute Gasteiger partial charge is 0.0836 e. The number of rotatable bonds is 2. The molecule has 1 atom stereocenters. The number of hydrogen-bond donors (Lipinski definition) is 0. The Morgan fingerprint density at radius 1 is 1.53 bits per heavy atom. The quantitative estimate of drug-likeness (QED) is 0.757. The van der Waals surface area contributed by atoms with Gasteiger partial charge in [-0.05, 0) is 28.5 Å². The van der Waals surface area contributed by atoms with Crippen molar-refractivity contribution in [1.82, 2.24) is 0 Å². The molecule has 80 valence electrons. The van der Waals surface area contributed by atoms with Gasteiger partial charge in [0.15, 0.2) is 0 Å². The first-order valence-electron chi connectivity index (χ1n) is 4.84. The summed E-state index contributed by atoms with van der Waals surface area (Å²) in [6.45, 7) is 0. The van der Waals surface area contributed by atoms with Gasteiger partial charge < -0.3 is 4.74 Å². The van der Waals surface area contributed by atoms with Crippen molar-refractivity contribution in [2.24, 2.45) is 0 Å². The molecule has 0 heterocycles. The molecule has 1 aromatic rings. The normalized spacial score (nSPS) is 19.7. The molecule has 1 aliphatic rings. The van der Waals surface area contributed by atoms with Crippen molar-refractivity contribution in [3.05, 3.63) is 33.1 Å². The maximum atomic E-state index is 5.99. The van der Waals surface area contributed by atoms with Crippen molar-refractivity contribution in [3.8, 4) is 0 Å². The molecule has 0 spiro atoms. The number of methoxy groups -OCH3 is 1. The van der Waals surface area contributed by atoms with Gasteiger partial charge in [-0.2, -0.15) is 0 Å².